The lowest BCUT2D eigenvalue weighted by Crippen LogP contribution is -2.32. The van der Waals surface area contributed by atoms with Gasteiger partial charge in [0, 0.05) is 19.9 Å². The van der Waals surface area contributed by atoms with Crippen LogP contribution in [0.3, 0.4) is 0 Å². The lowest BCUT2D eigenvalue weighted by atomic mass is 10.0. The monoisotopic (exact) mass is 797 g/mol. The first-order chi connectivity index (χ1) is 27.4. The van der Waals surface area contributed by atoms with Gasteiger partial charge in [0.05, 0.1) is 6.61 Å². The van der Waals surface area contributed by atoms with Crippen molar-refractivity contribution in [3.05, 3.63) is 0 Å². The highest BCUT2D eigenvalue weighted by atomic mass is 16.5. The van der Waals surface area contributed by atoms with Gasteiger partial charge in [0.1, 0.15) is 6.10 Å². The van der Waals surface area contributed by atoms with Crippen molar-refractivity contribution in [1.29, 1.82) is 0 Å². The molecule has 0 rings (SSSR count). The van der Waals surface area contributed by atoms with Crippen LogP contribution in [0.25, 0.3) is 0 Å². The molecule has 0 atom stereocenters. The van der Waals surface area contributed by atoms with Crippen molar-refractivity contribution in [1.82, 2.24) is 9.96 Å². The molecule has 0 radical (unpaired) electrons. The summed E-state index contributed by atoms with van der Waals surface area (Å²) in [6.45, 7) is 15.0. The third kappa shape index (κ3) is 45.0. The predicted octanol–water partition coefficient (Wildman–Crippen LogP) is 13.9. The Bertz CT molecular complexity index is 797. The molecule has 1 amide bonds. The number of nitrogens with zero attached hydrogens (tertiary/aromatic N) is 2. The molecule has 8 heteroatoms. The van der Waals surface area contributed by atoms with Gasteiger partial charge in [-0.3, -0.25) is 19.6 Å². The molecule has 0 saturated heterocycles. The molecule has 334 valence electrons. The third-order valence-corrected chi connectivity index (χ3v) is 10.9. The van der Waals surface area contributed by atoms with Crippen LogP contribution in [0.1, 0.15) is 253 Å². The number of esters is 1. The highest BCUT2D eigenvalue weighted by molar-refractivity contribution is 5.71. The number of rotatable bonds is 43. The minimum atomic E-state index is -0.289. The van der Waals surface area contributed by atoms with Crippen LogP contribution in [-0.2, 0) is 23.9 Å². The molecular weight excluding hydrogens is 701 g/mol. The Morgan fingerprint density at radius 1 is 0.500 bits per heavy atom. The molecule has 0 spiro atoms. The van der Waals surface area contributed by atoms with Gasteiger partial charge in [-0.25, -0.2) is 5.06 Å². The molecule has 0 aliphatic heterocycles. The van der Waals surface area contributed by atoms with Crippen molar-refractivity contribution in [3.8, 4) is 0 Å². The summed E-state index contributed by atoms with van der Waals surface area (Å²) in [6, 6.07) is 0. The number of hydrogen-bond acceptors (Lipinski definition) is 7. The first-order valence-electron chi connectivity index (χ1n) is 24.3. The second kappa shape index (κ2) is 47.7. The normalized spacial score (nSPS) is 11.1. The minimum absolute atomic E-state index is 0.0144. The van der Waals surface area contributed by atoms with E-state index in [2.05, 4.69) is 37.3 Å². The van der Waals surface area contributed by atoms with E-state index >= 15 is 0 Å². The second-order valence-corrected chi connectivity index (χ2v) is 16.4. The fraction of sp³-hybridized carbons (Fsp3) is 0.938. The van der Waals surface area contributed by atoms with Crippen LogP contribution in [0.2, 0.25) is 0 Å². The molecule has 0 aromatic heterocycles. The number of hydroxylamine groups is 2. The van der Waals surface area contributed by atoms with E-state index in [1.54, 1.807) is 0 Å². The Kier molecular flexibility index (Phi) is 48.1. The Morgan fingerprint density at radius 2 is 0.875 bits per heavy atom. The summed E-state index contributed by atoms with van der Waals surface area (Å²) in [7, 11) is 0. The average molecular weight is 797 g/mol. The van der Waals surface area contributed by atoms with Crippen LogP contribution < -0.4 is 0 Å². The van der Waals surface area contributed by atoms with Crippen molar-refractivity contribution >= 4 is 18.3 Å². The van der Waals surface area contributed by atoms with Crippen molar-refractivity contribution in [2.24, 2.45) is 0 Å². The van der Waals surface area contributed by atoms with Gasteiger partial charge >= 0.3 is 5.97 Å². The van der Waals surface area contributed by atoms with Gasteiger partial charge in [-0.2, -0.15) is 0 Å². The molecule has 0 bridgehead atoms. The highest BCUT2D eigenvalue weighted by Crippen LogP contribution is 2.18. The van der Waals surface area contributed by atoms with E-state index in [0.717, 1.165) is 76.1 Å². The van der Waals surface area contributed by atoms with Crippen LogP contribution in [0.4, 0.5) is 0 Å². The minimum Gasteiger partial charge on any atom is -0.468 e. The first-order valence-corrected chi connectivity index (χ1v) is 24.3. The zero-order valence-electron chi connectivity index (χ0n) is 38.1. The van der Waals surface area contributed by atoms with E-state index in [4.69, 9.17) is 4.74 Å². The van der Waals surface area contributed by atoms with E-state index < -0.39 is 0 Å². The lowest BCUT2D eigenvalue weighted by Gasteiger charge is -2.23. The smallest absolute Gasteiger partial charge is 0.306 e. The molecule has 0 aromatic rings. The van der Waals surface area contributed by atoms with Crippen LogP contribution in [-0.4, -0.2) is 72.4 Å². The third-order valence-electron chi connectivity index (χ3n) is 10.9. The van der Waals surface area contributed by atoms with Crippen LogP contribution >= 0.6 is 0 Å². The maximum absolute atomic E-state index is 12.7. The Labute approximate surface area is 348 Å². The summed E-state index contributed by atoms with van der Waals surface area (Å²) < 4.78 is 10.6. The number of unbranched alkanes of at least 4 members (excludes halogenated alkanes) is 25. The Balaban J connectivity index is 0. The topological polar surface area (TPSA) is 96.4 Å². The van der Waals surface area contributed by atoms with Gasteiger partial charge in [0.2, 0.25) is 5.91 Å². The summed E-state index contributed by atoms with van der Waals surface area (Å²) >= 11 is 0. The number of carbonyl (C=O) groups is 3. The van der Waals surface area contributed by atoms with E-state index in [1.807, 2.05) is 0 Å². The van der Waals surface area contributed by atoms with Crippen LogP contribution in [0, 0.1) is 0 Å². The zero-order valence-corrected chi connectivity index (χ0v) is 38.1. The van der Waals surface area contributed by atoms with Gasteiger partial charge in [-0.1, -0.05) is 182 Å². The largest absolute Gasteiger partial charge is 0.468 e. The molecule has 0 aromatic carbocycles. The number of ether oxygens (including phenoxy) is 2. The Morgan fingerprint density at radius 3 is 1.30 bits per heavy atom. The van der Waals surface area contributed by atoms with E-state index in [1.165, 1.54) is 167 Å². The van der Waals surface area contributed by atoms with Crippen molar-refractivity contribution in [2.45, 2.75) is 259 Å². The van der Waals surface area contributed by atoms with Gasteiger partial charge in [-0.15, -0.1) is 0 Å². The highest BCUT2D eigenvalue weighted by Gasteiger charge is 2.14. The SMILES string of the molecule is CCCCCCCCC(CCCCCCCC)OC(=O)CCCCCCCN(CCCCCCCC)CCCN(O)C(C)=O.CCCCCCCCCOC=O. The van der Waals surface area contributed by atoms with E-state index in [0.29, 0.717) is 26.0 Å². The first kappa shape index (κ1) is 56.4. The van der Waals surface area contributed by atoms with E-state index in [-0.39, 0.29) is 18.0 Å². The summed E-state index contributed by atoms with van der Waals surface area (Å²) in [4.78, 5) is 36.3. The molecule has 8 nitrogen and oxygen atoms in total. The molecule has 0 aliphatic rings. The quantitative estimate of drug-likeness (QED) is 0.0216. The van der Waals surface area contributed by atoms with Crippen LogP contribution in [0.5, 0.6) is 0 Å². The Hall–Kier alpha value is -1.67. The molecule has 56 heavy (non-hydrogen) atoms. The van der Waals surface area contributed by atoms with Gasteiger partial charge in [0.25, 0.3) is 6.47 Å². The van der Waals surface area contributed by atoms with Crippen LogP contribution in [0.15, 0.2) is 0 Å². The van der Waals surface area contributed by atoms with Crippen molar-refractivity contribution in [2.75, 3.05) is 32.8 Å². The number of carbonyl (C=O) groups excluding carboxylic acids is 3. The van der Waals surface area contributed by atoms with E-state index in [9.17, 15) is 19.6 Å². The van der Waals surface area contributed by atoms with Gasteiger partial charge in [-0.05, 0) is 77.4 Å². The van der Waals surface area contributed by atoms with Crippen molar-refractivity contribution in [3.63, 3.8) is 0 Å². The standard InChI is InChI=1S/C38H76N2O4.C10H20O2/c1-5-8-11-14-18-23-29-37(30-24-19-15-12-9-6-2)44-38(42)31-25-20-17-22-27-33-39(32-26-21-16-13-10-7-3)34-28-35-40(43)36(4)41;1-2-3-4-5-6-7-8-9-12-10-11/h37,43H,5-35H2,1-4H3;10H,2-9H2,1H3. The fourth-order valence-corrected chi connectivity index (χ4v) is 7.19. The molecule has 0 heterocycles. The molecule has 0 unspecified atom stereocenters. The summed E-state index contributed by atoms with van der Waals surface area (Å²) in [5.41, 5.74) is 0. The maximum atomic E-state index is 12.7. The maximum Gasteiger partial charge on any atom is 0.306 e. The number of hydrogen-bond donors (Lipinski definition) is 1. The summed E-state index contributed by atoms with van der Waals surface area (Å²) in [5.74, 6) is -0.275. The molecule has 0 saturated carbocycles. The zero-order chi connectivity index (χ0) is 41.6. The molecule has 0 aliphatic carbocycles. The second-order valence-electron chi connectivity index (χ2n) is 16.4. The predicted molar refractivity (Wildman–Crippen MR) is 237 cm³/mol. The van der Waals surface area contributed by atoms with Crippen molar-refractivity contribution < 1.29 is 29.1 Å². The molecule has 1 N–H and O–H groups in total. The molecule has 0 fully saturated rings. The summed E-state index contributed by atoms with van der Waals surface area (Å²) in [5, 5.41) is 10.5. The summed E-state index contributed by atoms with van der Waals surface area (Å²) in [6.07, 6.45) is 41.1. The molecular formula is C48H96N2O6. The van der Waals surface area contributed by atoms with Gasteiger partial charge < -0.3 is 14.4 Å². The lowest BCUT2D eigenvalue weighted by molar-refractivity contribution is -0.163. The number of amides is 1. The van der Waals surface area contributed by atoms with Gasteiger partial charge in [0.15, 0.2) is 0 Å². The average Bonchev–Trinajstić information content (AvgIpc) is 3.19. The fourth-order valence-electron chi connectivity index (χ4n) is 7.19.